The molecule has 17 heteroatoms. The smallest absolute Gasteiger partial charge is 0.289 e. The summed E-state index contributed by atoms with van der Waals surface area (Å²) < 4.78 is 60.5. The molecule has 0 aliphatic carbocycles. The molecule has 302 valence electrons. The van der Waals surface area contributed by atoms with Gasteiger partial charge in [0.15, 0.2) is 10.7 Å². The molecule has 1 unspecified atom stereocenters. The molecule has 0 radical (unpaired) electrons. The first kappa shape index (κ1) is 39.2. The van der Waals surface area contributed by atoms with Gasteiger partial charge in [-0.25, -0.2) is 30.8 Å². The van der Waals surface area contributed by atoms with E-state index < -0.39 is 36.7 Å². The van der Waals surface area contributed by atoms with Crippen molar-refractivity contribution in [2.24, 2.45) is 7.05 Å². The number of aryl methyl sites for hydroxylation is 3. The van der Waals surface area contributed by atoms with Crippen LogP contribution in [0.5, 0.6) is 0 Å². The van der Waals surface area contributed by atoms with Gasteiger partial charge in [0.2, 0.25) is 10.0 Å². The number of nitrogens with zero attached hydrogens (tertiary/aromatic N) is 9. The number of rotatable bonds is 9. The normalized spacial score (nSPS) is 16.6. The first-order valence-corrected chi connectivity index (χ1v) is 22.1. The Morgan fingerprint density at radius 1 is 0.879 bits per heavy atom. The van der Waals surface area contributed by atoms with E-state index in [2.05, 4.69) is 29.7 Å². The summed E-state index contributed by atoms with van der Waals surface area (Å²) in [5, 5.41) is 17.3. The Labute approximate surface area is 337 Å². The first-order chi connectivity index (χ1) is 27.6. The first-order valence-electron chi connectivity index (χ1n) is 19.2. The number of hydrogen-bond acceptors (Lipinski definition) is 11. The summed E-state index contributed by atoms with van der Waals surface area (Å²) >= 11 is 0. The SMILES string of the molecule is Cc1ccc(S(=O)(=O)n2cc(C)c3c(-c4nc5c(c(N6CCN(S(=O)(=O)c7ccccc7[N+](=O)[O-])C(C)C6)n4)CN(c4cc(C(C)C)nn4C)CC5)cccc32)cc1. The molecule has 1 fully saturated rings. The topological polar surface area (TPSA) is 170 Å². The minimum Gasteiger partial charge on any atom is -0.353 e. The monoisotopic (exact) mass is 823 g/mol. The summed E-state index contributed by atoms with van der Waals surface area (Å²) in [5.74, 6) is 2.31. The summed E-state index contributed by atoms with van der Waals surface area (Å²) in [6, 6.07) is 19.2. The Morgan fingerprint density at radius 2 is 1.62 bits per heavy atom. The fourth-order valence-electron chi connectivity index (χ4n) is 8.13. The van der Waals surface area contributed by atoms with Crippen LogP contribution in [0.1, 0.15) is 54.8 Å². The van der Waals surface area contributed by atoms with E-state index in [0.717, 1.165) is 33.9 Å². The summed E-state index contributed by atoms with van der Waals surface area (Å²) in [7, 11) is -6.21. The Hall–Kier alpha value is -5.65. The predicted octanol–water partition coefficient (Wildman–Crippen LogP) is 6.18. The molecular weight excluding hydrogens is 779 g/mol. The second-order valence-corrected chi connectivity index (χ2v) is 19.1. The zero-order valence-corrected chi connectivity index (χ0v) is 34.8. The fraction of sp³-hybridized carbons (Fsp3) is 0.341. The Balaban J connectivity index is 1.22. The predicted molar refractivity (Wildman–Crippen MR) is 222 cm³/mol. The van der Waals surface area contributed by atoms with Gasteiger partial charge >= 0.3 is 0 Å². The van der Waals surface area contributed by atoms with E-state index in [4.69, 9.17) is 15.1 Å². The van der Waals surface area contributed by atoms with Gasteiger partial charge in [-0.05, 0) is 56.5 Å². The molecule has 0 saturated carbocycles. The van der Waals surface area contributed by atoms with Crippen LogP contribution in [-0.4, -0.2) is 82.0 Å². The number of para-hydroxylation sites is 1. The average molecular weight is 824 g/mol. The highest BCUT2D eigenvalue weighted by atomic mass is 32.2. The Morgan fingerprint density at radius 3 is 2.31 bits per heavy atom. The van der Waals surface area contributed by atoms with Gasteiger partial charge in [-0.2, -0.15) is 9.40 Å². The number of benzene rings is 3. The van der Waals surface area contributed by atoms with Gasteiger partial charge in [0, 0.05) is 87.1 Å². The van der Waals surface area contributed by atoms with E-state index in [0.29, 0.717) is 47.6 Å². The average Bonchev–Trinajstić information content (AvgIpc) is 3.77. The summed E-state index contributed by atoms with van der Waals surface area (Å²) in [5.41, 5.74) is 5.17. The number of fused-ring (bicyclic) bond motifs is 2. The highest BCUT2D eigenvalue weighted by molar-refractivity contribution is 7.90. The molecule has 58 heavy (non-hydrogen) atoms. The third kappa shape index (κ3) is 6.69. The van der Waals surface area contributed by atoms with Crippen molar-refractivity contribution in [2.75, 3.05) is 36.0 Å². The van der Waals surface area contributed by atoms with E-state index in [1.54, 1.807) is 43.5 Å². The summed E-state index contributed by atoms with van der Waals surface area (Å²) in [4.78, 5) is 25.8. The van der Waals surface area contributed by atoms with Crippen LogP contribution >= 0.6 is 0 Å². The fourth-order valence-corrected chi connectivity index (χ4v) is 11.3. The van der Waals surface area contributed by atoms with Gasteiger partial charge in [-0.1, -0.05) is 55.8 Å². The van der Waals surface area contributed by atoms with Gasteiger partial charge in [0.05, 0.1) is 26.7 Å². The number of sulfonamides is 1. The lowest BCUT2D eigenvalue weighted by Crippen LogP contribution is -2.54. The van der Waals surface area contributed by atoms with Crippen molar-refractivity contribution < 1.29 is 21.8 Å². The highest BCUT2D eigenvalue weighted by Gasteiger charge is 2.39. The molecule has 0 N–H and O–H groups in total. The van der Waals surface area contributed by atoms with Crippen molar-refractivity contribution >= 4 is 48.3 Å². The maximum absolute atomic E-state index is 14.0. The van der Waals surface area contributed by atoms with E-state index in [9.17, 15) is 26.9 Å². The molecule has 1 saturated heterocycles. The quantitative estimate of drug-likeness (QED) is 0.121. The van der Waals surface area contributed by atoms with Crippen LogP contribution in [-0.2, 0) is 40.1 Å². The minimum atomic E-state index is -4.21. The number of aromatic nitrogens is 5. The molecule has 6 aromatic rings. The van der Waals surface area contributed by atoms with Crippen molar-refractivity contribution in [3.05, 3.63) is 117 Å². The van der Waals surface area contributed by atoms with Crippen LogP contribution in [0.2, 0.25) is 0 Å². The van der Waals surface area contributed by atoms with Gasteiger partial charge in [0.1, 0.15) is 11.6 Å². The maximum atomic E-state index is 14.0. The number of anilines is 2. The molecule has 2 aliphatic rings. The number of nitro benzene ring substituents is 1. The van der Waals surface area contributed by atoms with Crippen molar-refractivity contribution in [1.82, 2.24) is 28.0 Å². The van der Waals surface area contributed by atoms with E-state index in [1.165, 1.54) is 32.5 Å². The van der Waals surface area contributed by atoms with Crippen LogP contribution < -0.4 is 9.80 Å². The minimum absolute atomic E-state index is 0.0707. The van der Waals surface area contributed by atoms with Crippen LogP contribution in [0.3, 0.4) is 0 Å². The van der Waals surface area contributed by atoms with Gasteiger partial charge in [0.25, 0.3) is 15.7 Å². The standard InChI is InChI=1S/C41H45N9O6S2/c1-26(2)34-22-38(45(6)44-34)46-19-18-33-32(25-46)41(47-20-21-48(29(5)24-47)58(55,56)37-13-8-7-11-35(37)50(51)52)43-40(42-33)31-10-9-12-36-39(31)28(4)23-49(36)57(53,54)30-16-14-27(3)15-17-30/h7-17,22-23,26,29H,18-21,24-25H2,1-6H3. The third-order valence-corrected chi connectivity index (χ3v) is 14.9. The third-order valence-electron chi connectivity index (χ3n) is 11.1. The van der Waals surface area contributed by atoms with E-state index >= 15 is 0 Å². The second kappa shape index (κ2) is 14.6. The molecule has 5 heterocycles. The molecule has 0 amide bonds. The molecular formula is C41H45N9O6S2. The van der Waals surface area contributed by atoms with Gasteiger partial charge in [-0.15, -0.1) is 0 Å². The molecule has 0 spiro atoms. The molecule has 15 nitrogen and oxygen atoms in total. The lowest BCUT2D eigenvalue weighted by Gasteiger charge is -2.41. The van der Waals surface area contributed by atoms with Gasteiger partial charge in [-0.3, -0.25) is 14.8 Å². The Bertz CT molecular complexity index is 2820. The van der Waals surface area contributed by atoms with Crippen molar-refractivity contribution in [2.45, 2.75) is 69.3 Å². The number of piperazine rings is 1. The number of nitro groups is 1. The second-order valence-electron chi connectivity index (χ2n) is 15.4. The molecule has 3 aromatic heterocycles. The summed E-state index contributed by atoms with van der Waals surface area (Å²) in [6.07, 6.45) is 2.23. The van der Waals surface area contributed by atoms with Crippen molar-refractivity contribution in [3.8, 4) is 11.4 Å². The lowest BCUT2D eigenvalue weighted by atomic mass is 10.0. The van der Waals surface area contributed by atoms with E-state index in [1.807, 2.05) is 37.7 Å². The van der Waals surface area contributed by atoms with E-state index in [-0.39, 0.29) is 35.3 Å². The molecule has 2 aliphatic heterocycles. The molecule has 1 atom stereocenters. The maximum Gasteiger partial charge on any atom is 0.289 e. The van der Waals surface area contributed by atoms with Crippen LogP contribution in [0.15, 0.2) is 88.8 Å². The Kier molecular flexibility index (Phi) is 9.88. The summed E-state index contributed by atoms with van der Waals surface area (Å²) in [6.45, 7) is 11.6. The zero-order chi connectivity index (χ0) is 41.3. The molecule has 3 aromatic carbocycles. The van der Waals surface area contributed by atoms with Crippen molar-refractivity contribution in [1.29, 1.82) is 0 Å². The zero-order valence-electron chi connectivity index (χ0n) is 33.2. The molecule has 8 rings (SSSR count). The largest absolute Gasteiger partial charge is 0.353 e. The van der Waals surface area contributed by atoms with Crippen LogP contribution in [0, 0.1) is 24.0 Å². The highest BCUT2D eigenvalue weighted by Crippen LogP contribution is 2.38. The van der Waals surface area contributed by atoms with Gasteiger partial charge < -0.3 is 9.80 Å². The van der Waals surface area contributed by atoms with Crippen LogP contribution in [0.4, 0.5) is 17.3 Å². The number of hydrogen-bond donors (Lipinski definition) is 0. The molecule has 0 bridgehead atoms. The lowest BCUT2D eigenvalue weighted by molar-refractivity contribution is -0.387. The van der Waals surface area contributed by atoms with Crippen molar-refractivity contribution in [3.63, 3.8) is 0 Å². The van der Waals surface area contributed by atoms with Crippen LogP contribution in [0.25, 0.3) is 22.3 Å².